The molecule has 4 heteroatoms. The van der Waals surface area contributed by atoms with Crippen molar-refractivity contribution < 1.29 is 4.74 Å². The van der Waals surface area contributed by atoms with Crippen molar-refractivity contribution in [2.24, 2.45) is 0 Å². The summed E-state index contributed by atoms with van der Waals surface area (Å²) in [6, 6.07) is 10.4. The molecule has 0 fully saturated rings. The molecule has 1 heterocycles. The summed E-state index contributed by atoms with van der Waals surface area (Å²) in [5.41, 5.74) is 2.33. The third kappa shape index (κ3) is 3.41. The van der Waals surface area contributed by atoms with E-state index < -0.39 is 0 Å². The highest BCUT2D eigenvalue weighted by Gasteiger charge is 2.16. The van der Waals surface area contributed by atoms with E-state index in [0.29, 0.717) is 0 Å². The number of nitrogens with one attached hydrogen (secondary N) is 1. The van der Waals surface area contributed by atoms with Crippen LogP contribution in [0, 0.1) is 0 Å². The van der Waals surface area contributed by atoms with Crippen LogP contribution in [-0.4, -0.2) is 18.6 Å². The van der Waals surface area contributed by atoms with Gasteiger partial charge in [-0.1, -0.05) is 37.3 Å². The zero-order chi connectivity index (χ0) is 13.7. The summed E-state index contributed by atoms with van der Waals surface area (Å²) >= 11 is 1.72. The molecule has 0 radical (unpaired) electrons. The Kier molecular flexibility index (Phi) is 5.07. The van der Waals surface area contributed by atoms with E-state index in [0.717, 1.165) is 23.8 Å². The Labute approximate surface area is 118 Å². The van der Waals surface area contributed by atoms with E-state index in [9.17, 15) is 0 Å². The molecule has 102 valence electrons. The van der Waals surface area contributed by atoms with Crippen LogP contribution in [0.25, 0.3) is 10.4 Å². The first-order valence-corrected chi connectivity index (χ1v) is 7.36. The summed E-state index contributed by atoms with van der Waals surface area (Å²) in [4.78, 5) is 5.96. The van der Waals surface area contributed by atoms with E-state index in [4.69, 9.17) is 9.72 Å². The second-order valence-electron chi connectivity index (χ2n) is 4.35. The second-order valence-corrected chi connectivity index (χ2v) is 5.38. The zero-order valence-corrected chi connectivity index (χ0v) is 12.5. The first-order chi connectivity index (χ1) is 9.26. The lowest BCUT2D eigenvalue weighted by atomic mass is 10.1. The SMILES string of the molecule is CCNCc1nc(C(C)OC)sc1-c1ccccc1. The smallest absolute Gasteiger partial charge is 0.122 e. The Morgan fingerprint density at radius 1 is 1.32 bits per heavy atom. The van der Waals surface area contributed by atoms with Gasteiger partial charge in [-0.2, -0.15) is 0 Å². The molecule has 19 heavy (non-hydrogen) atoms. The molecule has 1 N–H and O–H groups in total. The number of aromatic nitrogens is 1. The number of thiazole rings is 1. The standard InChI is InChI=1S/C15H20N2OS/c1-4-16-10-13-14(12-8-6-5-7-9-12)19-15(17-13)11(2)18-3/h5-9,11,16H,4,10H2,1-3H3. The van der Waals surface area contributed by atoms with E-state index in [2.05, 4.69) is 36.5 Å². The zero-order valence-electron chi connectivity index (χ0n) is 11.6. The fourth-order valence-corrected chi connectivity index (χ4v) is 2.94. The van der Waals surface area contributed by atoms with Crippen LogP contribution in [-0.2, 0) is 11.3 Å². The average Bonchev–Trinajstić information content (AvgIpc) is 2.89. The Balaban J connectivity index is 2.36. The Morgan fingerprint density at radius 2 is 2.05 bits per heavy atom. The first-order valence-electron chi connectivity index (χ1n) is 6.54. The van der Waals surface area contributed by atoms with Gasteiger partial charge in [-0.15, -0.1) is 11.3 Å². The van der Waals surface area contributed by atoms with E-state index in [-0.39, 0.29) is 6.10 Å². The molecule has 0 aliphatic heterocycles. The normalized spacial score (nSPS) is 12.6. The van der Waals surface area contributed by atoms with Crippen LogP contribution in [0.1, 0.15) is 30.7 Å². The van der Waals surface area contributed by atoms with Crippen LogP contribution in [0.4, 0.5) is 0 Å². The molecule has 0 aliphatic carbocycles. The maximum atomic E-state index is 5.37. The van der Waals surface area contributed by atoms with Crippen LogP contribution in [0.3, 0.4) is 0 Å². The van der Waals surface area contributed by atoms with E-state index >= 15 is 0 Å². The molecule has 0 bridgehead atoms. The van der Waals surface area contributed by atoms with Gasteiger partial charge in [0, 0.05) is 13.7 Å². The lowest BCUT2D eigenvalue weighted by Crippen LogP contribution is -2.12. The molecular weight excluding hydrogens is 256 g/mol. The highest BCUT2D eigenvalue weighted by atomic mass is 32.1. The van der Waals surface area contributed by atoms with Crippen molar-refractivity contribution in [3.8, 4) is 10.4 Å². The lowest BCUT2D eigenvalue weighted by molar-refractivity contribution is 0.119. The summed E-state index contributed by atoms with van der Waals surface area (Å²) in [5, 5.41) is 4.38. The molecule has 3 nitrogen and oxygen atoms in total. The van der Waals surface area contributed by atoms with Gasteiger partial charge in [-0.05, 0) is 19.0 Å². The first kappa shape index (κ1) is 14.2. The third-order valence-corrected chi connectivity index (χ3v) is 4.30. The Bertz CT molecular complexity index is 510. The van der Waals surface area contributed by atoms with Gasteiger partial charge >= 0.3 is 0 Å². The van der Waals surface area contributed by atoms with Crippen molar-refractivity contribution >= 4 is 11.3 Å². The molecular formula is C15H20N2OS. The molecule has 1 aromatic carbocycles. The van der Waals surface area contributed by atoms with Gasteiger partial charge in [0.15, 0.2) is 0 Å². The molecule has 0 saturated heterocycles. The fraction of sp³-hybridized carbons (Fsp3) is 0.400. The van der Waals surface area contributed by atoms with E-state index in [1.165, 1.54) is 10.4 Å². The Hall–Kier alpha value is -1.23. The minimum atomic E-state index is 0.0443. The summed E-state index contributed by atoms with van der Waals surface area (Å²) in [6.45, 7) is 5.88. The predicted molar refractivity (Wildman–Crippen MR) is 80.4 cm³/mol. The molecule has 0 amide bonds. The summed E-state index contributed by atoms with van der Waals surface area (Å²) in [7, 11) is 1.72. The lowest BCUT2D eigenvalue weighted by Gasteiger charge is -2.03. The summed E-state index contributed by atoms with van der Waals surface area (Å²) < 4.78 is 5.37. The van der Waals surface area contributed by atoms with Crippen molar-refractivity contribution in [1.82, 2.24) is 10.3 Å². The number of methoxy groups -OCH3 is 1. The highest BCUT2D eigenvalue weighted by Crippen LogP contribution is 2.33. The molecule has 1 unspecified atom stereocenters. The van der Waals surface area contributed by atoms with Crippen molar-refractivity contribution in [3.63, 3.8) is 0 Å². The van der Waals surface area contributed by atoms with E-state index in [1.807, 2.05) is 13.0 Å². The van der Waals surface area contributed by atoms with Crippen LogP contribution in [0.15, 0.2) is 30.3 Å². The van der Waals surface area contributed by atoms with Crippen molar-refractivity contribution in [2.45, 2.75) is 26.5 Å². The number of nitrogens with zero attached hydrogens (tertiary/aromatic N) is 1. The van der Waals surface area contributed by atoms with Crippen LogP contribution >= 0.6 is 11.3 Å². The van der Waals surface area contributed by atoms with Gasteiger partial charge in [0.2, 0.25) is 0 Å². The van der Waals surface area contributed by atoms with Crippen LogP contribution < -0.4 is 5.32 Å². The largest absolute Gasteiger partial charge is 0.375 e. The Morgan fingerprint density at radius 3 is 2.68 bits per heavy atom. The van der Waals surface area contributed by atoms with Crippen molar-refractivity contribution in [2.75, 3.05) is 13.7 Å². The average molecular weight is 276 g/mol. The summed E-state index contributed by atoms with van der Waals surface area (Å²) in [6.07, 6.45) is 0.0443. The van der Waals surface area contributed by atoms with Gasteiger partial charge in [0.1, 0.15) is 11.1 Å². The number of hydrogen-bond donors (Lipinski definition) is 1. The second kappa shape index (κ2) is 6.80. The van der Waals surface area contributed by atoms with Gasteiger partial charge in [-0.3, -0.25) is 0 Å². The fourth-order valence-electron chi connectivity index (χ4n) is 1.82. The van der Waals surface area contributed by atoms with Crippen molar-refractivity contribution in [1.29, 1.82) is 0 Å². The molecule has 2 rings (SSSR count). The minimum Gasteiger partial charge on any atom is -0.375 e. The van der Waals surface area contributed by atoms with Gasteiger partial charge < -0.3 is 10.1 Å². The van der Waals surface area contributed by atoms with Gasteiger partial charge in [0.25, 0.3) is 0 Å². The third-order valence-electron chi connectivity index (χ3n) is 2.99. The van der Waals surface area contributed by atoms with Crippen LogP contribution in [0.2, 0.25) is 0 Å². The molecule has 1 atom stereocenters. The van der Waals surface area contributed by atoms with Crippen molar-refractivity contribution in [3.05, 3.63) is 41.0 Å². The topological polar surface area (TPSA) is 34.2 Å². The minimum absolute atomic E-state index is 0.0443. The van der Waals surface area contributed by atoms with E-state index in [1.54, 1.807) is 18.4 Å². The number of hydrogen-bond acceptors (Lipinski definition) is 4. The predicted octanol–water partition coefficient (Wildman–Crippen LogP) is 3.63. The highest BCUT2D eigenvalue weighted by molar-refractivity contribution is 7.15. The number of benzene rings is 1. The molecule has 0 saturated carbocycles. The van der Waals surface area contributed by atoms with Crippen LogP contribution in [0.5, 0.6) is 0 Å². The number of ether oxygens (including phenoxy) is 1. The van der Waals surface area contributed by atoms with Gasteiger partial charge in [-0.25, -0.2) is 4.98 Å². The quantitative estimate of drug-likeness (QED) is 0.875. The van der Waals surface area contributed by atoms with Gasteiger partial charge in [0.05, 0.1) is 10.6 Å². The summed E-state index contributed by atoms with van der Waals surface area (Å²) in [5.74, 6) is 0. The maximum absolute atomic E-state index is 5.37. The monoisotopic (exact) mass is 276 g/mol. The maximum Gasteiger partial charge on any atom is 0.122 e. The molecule has 0 spiro atoms. The molecule has 1 aromatic heterocycles. The molecule has 2 aromatic rings. The number of rotatable bonds is 6. The molecule has 0 aliphatic rings.